The van der Waals surface area contributed by atoms with Gasteiger partial charge in [0.2, 0.25) is 0 Å². The first-order valence-corrected chi connectivity index (χ1v) is 10.3. The molecule has 0 spiro atoms. The quantitative estimate of drug-likeness (QED) is 0.312. The maximum absolute atomic E-state index is 12.5. The van der Waals surface area contributed by atoms with Gasteiger partial charge in [0.15, 0.2) is 23.9 Å². The van der Waals surface area contributed by atoms with Gasteiger partial charge < -0.3 is 30.1 Å². The van der Waals surface area contributed by atoms with Crippen molar-refractivity contribution in [2.45, 2.75) is 6.92 Å². The van der Waals surface area contributed by atoms with E-state index in [1.807, 2.05) is 30.3 Å². The molecule has 0 atom stereocenters. The fourth-order valence-corrected chi connectivity index (χ4v) is 3.76. The van der Waals surface area contributed by atoms with Crippen LogP contribution in [0, 0.1) is 0 Å². The summed E-state index contributed by atoms with van der Waals surface area (Å²) in [5.74, 6) is -4.53. The summed E-state index contributed by atoms with van der Waals surface area (Å²) in [6, 6.07) is 10.9. The Morgan fingerprint density at radius 3 is 2.25 bits per heavy atom. The molecule has 9 nitrogen and oxygen atoms in total. The molecule has 0 aliphatic rings. The van der Waals surface area contributed by atoms with E-state index in [2.05, 4.69) is 5.32 Å². The van der Waals surface area contributed by atoms with Gasteiger partial charge in [-0.1, -0.05) is 30.3 Å². The van der Waals surface area contributed by atoms with Gasteiger partial charge in [0.1, 0.15) is 10.6 Å². The minimum Gasteiger partial charge on any atom is -0.504 e. The number of nitrogens with one attached hydrogen (secondary N) is 1. The second kappa shape index (κ2) is 9.84. The zero-order chi connectivity index (χ0) is 23.3. The number of esters is 2. The number of ether oxygens (including phenoxy) is 2. The zero-order valence-corrected chi connectivity index (χ0v) is 17.6. The first-order valence-electron chi connectivity index (χ1n) is 9.37. The molecule has 0 saturated heterocycles. The summed E-state index contributed by atoms with van der Waals surface area (Å²) in [6.07, 6.45) is 0. The summed E-state index contributed by atoms with van der Waals surface area (Å²) >= 11 is 1.12. The van der Waals surface area contributed by atoms with E-state index in [0.29, 0.717) is 5.56 Å². The summed E-state index contributed by atoms with van der Waals surface area (Å²) < 4.78 is 10.0. The van der Waals surface area contributed by atoms with E-state index in [4.69, 9.17) is 9.47 Å². The summed E-state index contributed by atoms with van der Waals surface area (Å²) in [7, 11) is 0. The highest BCUT2D eigenvalue weighted by molar-refractivity contribution is 7.15. The highest BCUT2D eigenvalue weighted by Gasteiger charge is 2.23. The highest BCUT2D eigenvalue weighted by atomic mass is 32.1. The van der Waals surface area contributed by atoms with Crippen LogP contribution in [0.25, 0.3) is 11.1 Å². The number of phenolic OH excluding ortho intramolecular Hbond substituents is 3. The molecule has 0 unspecified atom stereocenters. The molecule has 3 rings (SSSR count). The van der Waals surface area contributed by atoms with Crippen LogP contribution >= 0.6 is 11.3 Å². The molecule has 1 heterocycles. The van der Waals surface area contributed by atoms with Crippen LogP contribution in [0.1, 0.15) is 27.6 Å². The average molecular weight is 457 g/mol. The van der Waals surface area contributed by atoms with Crippen molar-refractivity contribution < 1.29 is 39.2 Å². The topological polar surface area (TPSA) is 142 Å². The van der Waals surface area contributed by atoms with E-state index in [9.17, 15) is 29.7 Å². The average Bonchev–Trinajstić information content (AvgIpc) is 3.19. The Morgan fingerprint density at radius 2 is 1.62 bits per heavy atom. The van der Waals surface area contributed by atoms with E-state index in [-0.39, 0.29) is 22.7 Å². The summed E-state index contributed by atoms with van der Waals surface area (Å²) in [4.78, 5) is 37.0. The lowest BCUT2D eigenvalue weighted by Gasteiger charge is -2.10. The monoisotopic (exact) mass is 457 g/mol. The second-order valence-electron chi connectivity index (χ2n) is 6.43. The van der Waals surface area contributed by atoms with Crippen LogP contribution in [0.5, 0.6) is 17.2 Å². The normalized spacial score (nSPS) is 10.4. The van der Waals surface area contributed by atoms with Gasteiger partial charge in [-0.05, 0) is 24.6 Å². The van der Waals surface area contributed by atoms with Gasteiger partial charge >= 0.3 is 11.9 Å². The Morgan fingerprint density at radius 1 is 0.969 bits per heavy atom. The van der Waals surface area contributed by atoms with Crippen molar-refractivity contribution in [3.63, 3.8) is 0 Å². The number of carbonyl (C=O) groups is 3. The second-order valence-corrected chi connectivity index (χ2v) is 7.31. The van der Waals surface area contributed by atoms with Gasteiger partial charge in [-0.15, -0.1) is 11.3 Å². The van der Waals surface area contributed by atoms with Gasteiger partial charge in [-0.25, -0.2) is 9.59 Å². The Kier molecular flexibility index (Phi) is 6.96. The van der Waals surface area contributed by atoms with Crippen LogP contribution in [0.15, 0.2) is 47.8 Å². The number of carbonyl (C=O) groups excluding carboxylic acids is 3. The van der Waals surface area contributed by atoms with Gasteiger partial charge in [-0.2, -0.15) is 0 Å². The van der Waals surface area contributed by atoms with Crippen molar-refractivity contribution in [1.29, 1.82) is 0 Å². The molecule has 1 amide bonds. The van der Waals surface area contributed by atoms with Crippen LogP contribution < -0.4 is 5.32 Å². The van der Waals surface area contributed by atoms with Crippen LogP contribution in [0.4, 0.5) is 5.00 Å². The van der Waals surface area contributed by atoms with E-state index in [1.165, 1.54) is 0 Å². The van der Waals surface area contributed by atoms with Gasteiger partial charge in [0.25, 0.3) is 5.91 Å². The summed E-state index contributed by atoms with van der Waals surface area (Å²) in [6.45, 7) is 1.13. The predicted octanol–water partition coefficient (Wildman–Crippen LogP) is 3.50. The van der Waals surface area contributed by atoms with E-state index >= 15 is 0 Å². The molecular weight excluding hydrogens is 438 g/mol. The fourth-order valence-electron chi connectivity index (χ4n) is 2.79. The molecule has 10 heteroatoms. The predicted molar refractivity (Wildman–Crippen MR) is 116 cm³/mol. The minimum atomic E-state index is -1.01. The van der Waals surface area contributed by atoms with Gasteiger partial charge in [0.05, 0.1) is 12.2 Å². The lowest BCUT2D eigenvalue weighted by atomic mass is 10.0. The third-order valence-electron chi connectivity index (χ3n) is 4.25. The maximum Gasteiger partial charge on any atom is 0.341 e. The zero-order valence-electron chi connectivity index (χ0n) is 16.8. The fraction of sp³-hybridized carbons (Fsp3) is 0.136. The molecule has 0 radical (unpaired) electrons. The van der Waals surface area contributed by atoms with Crippen molar-refractivity contribution in [2.75, 3.05) is 18.5 Å². The molecule has 1 aromatic heterocycles. The van der Waals surface area contributed by atoms with Gasteiger partial charge in [-0.3, -0.25) is 4.79 Å². The van der Waals surface area contributed by atoms with E-state index < -0.39 is 41.7 Å². The Bertz CT molecular complexity index is 1130. The molecule has 166 valence electrons. The number of hydrogen-bond donors (Lipinski definition) is 4. The number of phenols is 3. The smallest absolute Gasteiger partial charge is 0.341 e. The third kappa shape index (κ3) is 4.98. The van der Waals surface area contributed by atoms with E-state index in [0.717, 1.165) is 29.0 Å². The molecule has 0 bridgehead atoms. The molecule has 0 saturated carbocycles. The molecule has 4 N–H and O–H groups in total. The SMILES string of the molecule is CCOC(=O)c1c(-c2ccccc2)csc1NC(=O)COC(=O)c1cc(O)c(O)c(O)c1. The number of thiophene rings is 1. The third-order valence-corrected chi connectivity index (χ3v) is 5.14. The van der Waals surface area contributed by atoms with Crippen molar-refractivity contribution in [1.82, 2.24) is 0 Å². The van der Waals surface area contributed by atoms with Crippen LogP contribution in [0.2, 0.25) is 0 Å². The molecule has 3 aromatic rings. The number of benzene rings is 2. The standard InChI is InChI=1S/C22H19NO8S/c1-2-30-22(29)18-14(12-6-4-3-5-7-12)11-32-20(18)23-17(26)10-31-21(28)13-8-15(24)19(27)16(25)9-13/h3-9,11,24-25,27H,2,10H2,1H3,(H,23,26). The summed E-state index contributed by atoms with van der Waals surface area (Å²) in [5.41, 5.74) is 1.29. The minimum absolute atomic E-state index is 0.153. The van der Waals surface area contributed by atoms with Crippen LogP contribution in [-0.2, 0) is 14.3 Å². The van der Waals surface area contributed by atoms with Crippen molar-refractivity contribution in [3.8, 4) is 28.4 Å². The maximum atomic E-state index is 12.5. The molecule has 2 aromatic carbocycles. The van der Waals surface area contributed by atoms with Crippen molar-refractivity contribution >= 4 is 34.2 Å². The van der Waals surface area contributed by atoms with Crippen molar-refractivity contribution in [2.24, 2.45) is 0 Å². The molecule has 0 aliphatic carbocycles. The first-order chi connectivity index (χ1) is 15.3. The van der Waals surface area contributed by atoms with Crippen LogP contribution in [-0.4, -0.2) is 46.4 Å². The Hall–Kier alpha value is -4.05. The number of rotatable bonds is 7. The van der Waals surface area contributed by atoms with E-state index in [1.54, 1.807) is 12.3 Å². The Labute approximate surface area is 186 Å². The lowest BCUT2D eigenvalue weighted by molar-refractivity contribution is -0.119. The number of aromatic hydroxyl groups is 3. The number of anilines is 1. The Balaban J connectivity index is 1.74. The van der Waals surface area contributed by atoms with Crippen molar-refractivity contribution in [3.05, 3.63) is 59.0 Å². The lowest BCUT2D eigenvalue weighted by Crippen LogP contribution is -2.21. The number of amides is 1. The van der Waals surface area contributed by atoms with Crippen LogP contribution in [0.3, 0.4) is 0 Å². The van der Waals surface area contributed by atoms with Gasteiger partial charge in [0, 0.05) is 10.9 Å². The first kappa shape index (κ1) is 22.6. The largest absolute Gasteiger partial charge is 0.504 e. The summed E-state index contributed by atoms with van der Waals surface area (Å²) in [5, 5.41) is 32.8. The highest BCUT2D eigenvalue weighted by Crippen LogP contribution is 2.37. The molecule has 32 heavy (non-hydrogen) atoms. The molecule has 0 aliphatic heterocycles. The molecular formula is C22H19NO8S. The molecule has 0 fully saturated rings. The number of hydrogen-bond acceptors (Lipinski definition) is 9.